The molecular weight excluding hydrogens is 260 g/mol. The lowest BCUT2D eigenvalue weighted by molar-refractivity contribution is 0.481. The van der Waals surface area contributed by atoms with Crippen LogP contribution in [0.25, 0.3) is 11.1 Å². The molecule has 0 aliphatic heterocycles. The standard InChI is InChI=1S/C18H24OSi/c1-4-20(5-2,6-3)17-14-10-13-16(18(17)19)15-11-8-7-9-12-15/h7-14,19H,4-6H2,1-3H3. The molecule has 0 aliphatic rings. The molecule has 0 unspecified atom stereocenters. The lowest BCUT2D eigenvalue weighted by Gasteiger charge is -2.30. The summed E-state index contributed by atoms with van der Waals surface area (Å²) in [7, 11) is -1.55. The zero-order chi connectivity index (χ0) is 14.6. The van der Waals surface area contributed by atoms with Crippen LogP contribution in [-0.2, 0) is 0 Å². The Morgan fingerprint density at radius 1 is 0.800 bits per heavy atom. The number of phenols is 1. The lowest BCUT2D eigenvalue weighted by atomic mass is 10.1. The smallest absolute Gasteiger partial charge is 0.122 e. The summed E-state index contributed by atoms with van der Waals surface area (Å²) in [5.74, 6) is 0.510. The second-order valence-corrected chi connectivity index (χ2v) is 10.6. The zero-order valence-corrected chi connectivity index (χ0v) is 13.7. The SMILES string of the molecule is CC[Si](CC)(CC)c1cccc(-c2ccccc2)c1O. The summed E-state index contributed by atoms with van der Waals surface area (Å²) >= 11 is 0. The van der Waals surface area contributed by atoms with Gasteiger partial charge in [0.2, 0.25) is 0 Å². The minimum absolute atomic E-state index is 0.510. The van der Waals surface area contributed by atoms with E-state index in [0.717, 1.165) is 11.1 Å². The van der Waals surface area contributed by atoms with Crippen LogP contribution in [0, 0.1) is 0 Å². The summed E-state index contributed by atoms with van der Waals surface area (Å²) in [5, 5.41) is 12.0. The van der Waals surface area contributed by atoms with Gasteiger partial charge in [0, 0.05) is 5.56 Å². The maximum absolute atomic E-state index is 10.8. The molecule has 0 heterocycles. The molecule has 1 N–H and O–H groups in total. The van der Waals surface area contributed by atoms with Crippen molar-refractivity contribution in [2.75, 3.05) is 0 Å². The predicted octanol–water partition coefficient (Wildman–Crippen LogP) is 4.77. The van der Waals surface area contributed by atoms with Gasteiger partial charge in [-0.2, -0.15) is 0 Å². The van der Waals surface area contributed by atoms with Gasteiger partial charge >= 0.3 is 0 Å². The second-order valence-electron chi connectivity index (χ2n) is 5.41. The Kier molecular flexibility index (Phi) is 4.66. The van der Waals surface area contributed by atoms with E-state index in [2.05, 4.69) is 45.0 Å². The van der Waals surface area contributed by atoms with Crippen molar-refractivity contribution in [3.63, 3.8) is 0 Å². The first-order valence-electron chi connectivity index (χ1n) is 7.56. The number of hydrogen-bond donors (Lipinski definition) is 1. The topological polar surface area (TPSA) is 20.2 Å². The van der Waals surface area contributed by atoms with Crippen LogP contribution in [0.3, 0.4) is 0 Å². The highest BCUT2D eigenvalue weighted by Gasteiger charge is 2.32. The van der Waals surface area contributed by atoms with Crippen molar-refractivity contribution in [1.82, 2.24) is 0 Å². The van der Waals surface area contributed by atoms with E-state index in [0.29, 0.717) is 5.75 Å². The number of rotatable bonds is 5. The van der Waals surface area contributed by atoms with Crippen LogP contribution >= 0.6 is 0 Å². The molecule has 0 spiro atoms. The van der Waals surface area contributed by atoms with Crippen molar-refractivity contribution < 1.29 is 5.11 Å². The van der Waals surface area contributed by atoms with E-state index in [1.807, 2.05) is 24.3 Å². The van der Waals surface area contributed by atoms with Crippen LogP contribution < -0.4 is 5.19 Å². The number of hydrogen-bond acceptors (Lipinski definition) is 1. The first-order valence-corrected chi connectivity index (χ1v) is 10.2. The van der Waals surface area contributed by atoms with Crippen LogP contribution in [0.5, 0.6) is 5.75 Å². The minimum Gasteiger partial charge on any atom is -0.507 e. The van der Waals surface area contributed by atoms with Crippen molar-refractivity contribution in [2.45, 2.75) is 38.9 Å². The Balaban J connectivity index is 2.58. The fourth-order valence-corrected chi connectivity index (χ4v) is 6.87. The Morgan fingerprint density at radius 2 is 1.40 bits per heavy atom. The molecule has 0 saturated carbocycles. The summed E-state index contributed by atoms with van der Waals surface area (Å²) in [6.07, 6.45) is 0. The van der Waals surface area contributed by atoms with Gasteiger partial charge in [-0.15, -0.1) is 0 Å². The molecule has 0 saturated heterocycles. The Bertz CT molecular complexity index is 551. The summed E-state index contributed by atoms with van der Waals surface area (Å²) in [4.78, 5) is 0. The molecule has 2 aromatic rings. The van der Waals surface area contributed by atoms with Crippen LogP contribution in [0.15, 0.2) is 48.5 Å². The van der Waals surface area contributed by atoms with Gasteiger partial charge in [-0.1, -0.05) is 87.4 Å². The average molecular weight is 284 g/mol. The second kappa shape index (κ2) is 6.27. The van der Waals surface area contributed by atoms with E-state index in [4.69, 9.17) is 0 Å². The quantitative estimate of drug-likeness (QED) is 0.784. The largest absolute Gasteiger partial charge is 0.507 e. The summed E-state index contributed by atoms with van der Waals surface area (Å²) < 4.78 is 0. The highest BCUT2D eigenvalue weighted by molar-refractivity contribution is 6.92. The normalized spacial score (nSPS) is 11.6. The van der Waals surface area contributed by atoms with E-state index < -0.39 is 8.07 Å². The minimum atomic E-state index is -1.55. The molecule has 2 heteroatoms. The van der Waals surface area contributed by atoms with E-state index in [9.17, 15) is 5.11 Å². The van der Waals surface area contributed by atoms with Gasteiger partial charge in [-0.25, -0.2) is 0 Å². The molecule has 0 atom stereocenters. The number of benzene rings is 2. The Labute approximate surface area is 123 Å². The number of phenolic OH excluding ortho intramolecular Hbond substituents is 1. The summed E-state index contributed by atoms with van der Waals surface area (Å²) in [6, 6.07) is 20.0. The number of aromatic hydroxyl groups is 1. The lowest BCUT2D eigenvalue weighted by Crippen LogP contribution is -2.45. The highest BCUT2D eigenvalue weighted by Crippen LogP contribution is 2.32. The molecule has 0 amide bonds. The first-order chi connectivity index (χ1) is 9.68. The third kappa shape index (κ3) is 2.53. The highest BCUT2D eigenvalue weighted by atomic mass is 28.3. The molecule has 0 bridgehead atoms. The fourth-order valence-electron chi connectivity index (χ4n) is 3.14. The van der Waals surface area contributed by atoms with Crippen LogP contribution in [-0.4, -0.2) is 13.2 Å². The summed E-state index contributed by atoms with van der Waals surface area (Å²) in [6.45, 7) is 6.82. The van der Waals surface area contributed by atoms with E-state index in [1.165, 1.54) is 23.3 Å². The van der Waals surface area contributed by atoms with Crippen molar-refractivity contribution in [3.05, 3.63) is 48.5 Å². The molecule has 20 heavy (non-hydrogen) atoms. The molecule has 106 valence electrons. The zero-order valence-electron chi connectivity index (χ0n) is 12.7. The van der Waals surface area contributed by atoms with Gasteiger partial charge in [0.25, 0.3) is 0 Å². The van der Waals surface area contributed by atoms with Crippen LogP contribution in [0.1, 0.15) is 20.8 Å². The van der Waals surface area contributed by atoms with Crippen LogP contribution in [0.4, 0.5) is 0 Å². The maximum Gasteiger partial charge on any atom is 0.122 e. The molecule has 0 aromatic heterocycles. The third-order valence-corrected chi connectivity index (χ3v) is 10.3. The first kappa shape index (κ1) is 14.9. The van der Waals surface area contributed by atoms with Gasteiger partial charge in [0.1, 0.15) is 5.75 Å². The van der Waals surface area contributed by atoms with Crippen molar-refractivity contribution >= 4 is 13.3 Å². The van der Waals surface area contributed by atoms with E-state index in [-0.39, 0.29) is 0 Å². The number of para-hydroxylation sites is 1. The molecule has 0 fully saturated rings. The van der Waals surface area contributed by atoms with Gasteiger partial charge in [-0.05, 0) is 10.8 Å². The monoisotopic (exact) mass is 284 g/mol. The molecule has 0 aliphatic carbocycles. The molecular formula is C18H24OSi. The molecule has 2 aromatic carbocycles. The maximum atomic E-state index is 10.8. The van der Waals surface area contributed by atoms with E-state index >= 15 is 0 Å². The Morgan fingerprint density at radius 3 is 1.95 bits per heavy atom. The average Bonchev–Trinajstić information content (AvgIpc) is 2.52. The molecule has 2 rings (SSSR count). The van der Waals surface area contributed by atoms with Crippen molar-refractivity contribution in [1.29, 1.82) is 0 Å². The third-order valence-electron chi connectivity index (χ3n) is 4.72. The fraction of sp³-hybridized carbons (Fsp3) is 0.333. The van der Waals surface area contributed by atoms with Gasteiger partial charge < -0.3 is 5.11 Å². The van der Waals surface area contributed by atoms with Crippen molar-refractivity contribution in [3.8, 4) is 16.9 Å². The molecule has 0 radical (unpaired) electrons. The van der Waals surface area contributed by atoms with Gasteiger partial charge in [0.15, 0.2) is 0 Å². The summed E-state index contributed by atoms with van der Waals surface area (Å²) in [5.41, 5.74) is 2.06. The Hall–Kier alpha value is -1.54. The van der Waals surface area contributed by atoms with Gasteiger partial charge in [0.05, 0.1) is 8.07 Å². The van der Waals surface area contributed by atoms with Crippen LogP contribution in [0.2, 0.25) is 18.1 Å². The van der Waals surface area contributed by atoms with Gasteiger partial charge in [-0.3, -0.25) is 0 Å². The predicted molar refractivity (Wildman–Crippen MR) is 90.4 cm³/mol. The molecule has 1 nitrogen and oxygen atoms in total. The van der Waals surface area contributed by atoms with E-state index in [1.54, 1.807) is 0 Å². The van der Waals surface area contributed by atoms with Crippen molar-refractivity contribution in [2.24, 2.45) is 0 Å².